The summed E-state index contributed by atoms with van der Waals surface area (Å²) in [5.74, 6) is 0.534. The molecule has 4 amide bonds. The highest BCUT2D eigenvalue weighted by Gasteiger charge is 2.35. The number of carbonyl (C=O) groups excluding carboxylic acids is 3. The number of esters is 1. The molecule has 0 bridgehead atoms. The van der Waals surface area contributed by atoms with Gasteiger partial charge in [-0.25, -0.2) is 14.4 Å². The van der Waals surface area contributed by atoms with Crippen LogP contribution in [0.2, 0.25) is 0 Å². The molecule has 1 aliphatic rings. The Morgan fingerprint density at radius 1 is 1.06 bits per heavy atom. The molecule has 186 valence electrons. The Kier molecular flexibility index (Phi) is 8.19. The first-order valence-electron chi connectivity index (χ1n) is 11.2. The Bertz CT molecular complexity index is 1150. The van der Waals surface area contributed by atoms with Gasteiger partial charge in [0.15, 0.2) is 0 Å². The number of hydrogen-bond donors (Lipinski definition) is 3. The summed E-state index contributed by atoms with van der Waals surface area (Å²) in [4.78, 5) is 39.6. The van der Waals surface area contributed by atoms with Gasteiger partial charge in [-0.05, 0) is 50.6 Å². The standard InChI is InChI=1S/C25H30N4O6/c1-6-29-15(3)21(23(30)35-7-2)22(28-25(29)32)16-9-8-10-17(13-16)26-24(31)27-19-12-11-18(33-4)14-20(19)34-5/h8-14,22H,6-7H2,1-5H3,(H,28,32)(H2,26,27,31). The number of ether oxygens (including phenoxy) is 3. The number of nitrogens with zero attached hydrogens (tertiary/aromatic N) is 1. The van der Waals surface area contributed by atoms with Crippen molar-refractivity contribution in [3.8, 4) is 11.5 Å². The summed E-state index contributed by atoms with van der Waals surface area (Å²) < 4.78 is 15.7. The molecular formula is C25H30N4O6. The molecule has 0 aliphatic carbocycles. The van der Waals surface area contributed by atoms with E-state index in [-0.39, 0.29) is 12.6 Å². The molecule has 0 spiro atoms. The highest BCUT2D eigenvalue weighted by molar-refractivity contribution is 6.01. The Hall–Kier alpha value is -4.21. The fraction of sp³-hybridized carbons (Fsp3) is 0.320. The molecule has 3 rings (SSSR count). The summed E-state index contributed by atoms with van der Waals surface area (Å²) in [5, 5.41) is 8.38. The Balaban J connectivity index is 1.85. The predicted molar refractivity (Wildman–Crippen MR) is 132 cm³/mol. The number of anilines is 2. The normalized spacial score (nSPS) is 15.3. The highest BCUT2D eigenvalue weighted by atomic mass is 16.5. The van der Waals surface area contributed by atoms with E-state index in [1.54, 1.807) is 63.4 Å². The van der Waals surface area contributed by atoms with Crippen LogP contribution in [0.25, 0.3) is 0 Å². The van der Waals surface area contributed by atoms with Gasteiger partial charge in [-0.1, -0.05) is 12.1 Å². The van der Waals surface area contributed by atoms with Crippen molar-refractivity contribution in [2.45, 2.75) is 26.8 Å². The summed E-state index contributed by atoms with van der Waals surface area (Å²) in [7, 11) is 3.04. The summed E-state index contributed by atoms with van der Waals surface area (Å²) in [6.45, 7) is 5.89. The zero-order valence-electron chi connectivity index (χ0n) is 20.4. The molecule has 0 aromatic heterocycles. The number of hydrogen-bond acceptors (Lipinski definition) is 6. The van der Waals surface area contributed by atoms with E-state index in [2.05, 4.69) is 16.0 Å². The van der Waals surface area contributed by atoms with Crippen LogP contribution in [0, 0.1) is 0 Å². The fourth-order valence-electron chi connectivity index (χ4n) is 3.87. The lowest BCUT2D eigenvalue weighted by atomic mass is 9.94. The zero-order chi connectivity index (χ0) is 25.5. The number of carbonyl (C=O) groups is 3. The minimum absolute atomic E-state index is 0.207. The smallest absolute Gasteiger partial charge is 0.338 e. The number of allylic oxidation sites excluding steroid dienone is 1. The molecule has 0 radical (unpaired) electrons. The molecule has 1 atom stereocenters. The maximum absolute atomic E-state index is 12.8. The second-order valence-corrected chi connectivity index (χ2v) is 7.62. The Morgan fingerprint density at radius 2 is 1.83 bits per heavy atom. The number of rotatable bonds is 8. The first kappa shape index (κ1) is 25.4. The third-order valence-electron chi connectivity index (χ3n) is 5.54. The monoisotopic (exact) mass is 482 g/mol. The van der Waals surface area contributed by atoms with Crippen LogP contribution in [0.1, 0.15) is 32.4 Å². The molecule has 0 fully saturated rings. The number of methoxy groups -OCH3 is 2. The first-order valence-corrected chi connectivity index (χ1v) is 11.2. The molecular weight excluding hydrogens is 452 g/mol. The van der Waals surface area contributed by atoms with Gasteiger partial charge in [0.25, 0.3) is 0 Å². The lowest BCUT2D eigenvalue weighted by Gasteiger charge is -2.34. The molecule has 0 saturated carbocycles. The molecule has 1 unspecified atom stereocenters. The van der Waals surface area contributed by atoms with Crippen LogP contribution in [0.3, 0.4) is 0 Å². The quantitative estimate of drug-likeness (QED) is 0.484. The minimum atomic E-state index is -0.726. The molecule has 2 aromatic rings. The van der Waals surface area contributed by atoms with Crippen molar-refractivity contribution in [1.82, 2.24) is 10.2 Å². The third kappa shape index (κ3) is 5.65. The number of amides is 4. The second-order valence-electron chi connectivity index (χ2n) is 7.62. The maximum Gasteiger partial charge on any atom is 0.338 e. The van der Waals surface area contributed by atoms with E-state index in [0.717, 1.165) is 0 Å². The van der Waals surface area contributed by atoms with E-state index >= 15 is 0 Å². The zero-order valence-corrected chi connectivity index (χ0v) is 20.4. The topological polar surface area (TPSA) is 118 Å². The maximum atomic E-state index is 12.8. The van der Waals surface area contributed by atoms with Crippen LogP contribution in [0.4, 0.5) is 21.0 Å². The van der Waals surface area contributed by atoms with Crippen molar-refractivity contribution in [2.24, 2.45) is 0 Å². The number of nitrogens with one attached hydrogen (secondary N) is 3. The first-order chi connectivity index (χ1) is 16.8. The molecule has 10 nitrogen and oxygen atoms in total. The van der Waals surface area contributed by atoms with Gasteiger partial charge >= 0.3 is 18.0 Å². The van der Waals surface area contributed by atoms with Gasteiger partial charge in [-0.3, -0.25) is 4.90 Å². The summed E-state index contributed by atoms with van der Waals surface area (Å²) >= 11 is 0. The van der Waals surface area contributed by atoms with Crippen LogP contribution in [-0.2, 0) is 9.53 Å². The van der Waals surface area contributed by atoms with Crippen LogP contribution in [0.15, 0.2) is 53.7 Å². The van der Waals surface area contributed by atoms with Crippen LogP contribution < -0.4 is 25.4 Å². The van der Waals surface area contributed by atoms with Gasteiger partial charge in [-0.15, -0.1) is 0 Å². The predicted octanol–water partition coefficient (Wildman–Crippen LogP) is 4.27. The van der Waals surface area contributed by atoms with Crippen molar-refractivity contribution in [1.29, 1.82) is 0 Å². The fourth-order valence-corrected chi connectivity index (χ4v) is 3.87. The minimum Gasteiger partial charge on any atom is -0.497 e. The van der Waals surface area contributed by atoms with E-state index in [9.17, 15) is 14.4 Å². The summed E-state index contributed by atoms with van der Waals surface area (Å²) in [6.07, 6.45) is 0. The van der Waals surface area contributed by atoms with Crippen molar-refractivity contribution in [3.63, 3.8) is 0 Å². The van der Waals surface area contributed by atoms with Crippen molar-refractivity contribution < 1.29 is 28.6 Å². The van der Waals surface area contributed by atoms with E-state index in [0.29, 0.717) is 46.3 Å². The second kappa shape index (κ2) is 11.3. The van der Waals surface area contributed by atoms with Gasteiger partial charge in [0.1, 0.15) is 11.5 Å². The average molecular weight is 483 g/mol. The van der Waals surface area contributed by atoms with Crippen LogP contribution in [-0.4, -0.2) is 50.3 Å². The number of benzene rings is 2. The largest absolute Gasteiger partial charge is 0.497 e. The molecule has 3 N–H and O–H groups in total. The van der Waals surface area contributed by atoms with Gasteiger partial charge < -0.3 is 30.2 Å². The SMILES string of the molecule is CCOC(=O)C1=C(C)N(CC)C(=O)NC1c1cccc(NC(=O)Nc2ccc(OC)cc2OC)c1. The van der Waals surface area contributed by atoms with E-state index in [1.807, 2.05) is 6.92 Å². The van der Waals surface area contributed by atoms with Crippen LogP contribution in [0.5, 0.6) is 11.5 Å². The molecule has 10 heteroatoms. The van der Waals surface area contributed by atoms with E-state index in [1.165, 1.54) is 12.0 Å². The summed E-state index contributed by atoms with van der Waals surface area (Å²) in [6, 6.07) is 10.4. The molecule has 2 aromatic carbocycles. The Labute approximate surface area is 204 Å². The Morgan fingerprint density at radius 3 is 2.49 bits per heavy atom. The lowest BCUT2D eigenvalue weighted by Crippen LogP contribution is -2.47. The molecule has 1 heterocycles. The van der Waals surface area contributed by atoms with Crippen LogP contribution >= 0.6 is 0 Å². The average Bonchev–Trinajstić information content (AvgIpc) is 2.84. The lowest BCUT2D eigenvalue weighted by molar-refractivity contribution is -0.139. The van der Waals surface area contributed by atoms with Gasteiger partial charge in [0.05, 0.1) is 38.1 Å². The van der Waals surface area contributed by atoms with Crippen molar-refractivity contribution in [3.05, 3.63) is 59.3 Å². The molecule has 0 saturated heterocycles. The molecule has 35 heavy (non-hydrogen) atoms. The third-order valence-corrected chi connectivity index (χ3v) is 5.54. The summed E-state index contributed by atoms with van der Waals surface area (Å²) in [5.41, 5.74) is 2.43. The van der Waals surface area contributed by atoms with Gasteiger partial charge in [0, 0.05) is 24.0 Å². The molecule has 1 aliphatic heterocycles. The van der Waals surface area contributed by atoms with E-state index < -0.39 is 18.0 Å². The van der Waals surface area contributed by atoms with Gasteiger partial charge in [-0.2, -0.15) is 0 Å². The van der Waals surface area contributed by atoms with Gasteiger partial charge in [0.2, 0.25) is 0 Å². The van der Waals surface area contributed by atoms with E-state index in [4.69, 9.17) is 14.2 Å². The highest BCUT2D eigenvalue weighted by Crippen LogP contribution is 2.33. The van der Waals surface area contributed by atoms with Crippen molar-refractivity contribution in [2.75, 3.05) is 38.0 Å². The number of urea groups is 2. The van der Waals surface area contributed by atoms with Crippen molar-refractivity contribution >= 4 is 29.4 Å².